The van der Waals surface area contributed by atoms with Crippen molar-refractivity contribution in [3.8, 4) is 0 Å². The van der Waals surface area contributed by atoms with Gasteiger partial charge >= 0.3 is 5.97 Å². The first-order valence-electron chi connectivity index (χ1n) is 6.73. The van der Waals surface area contributed by atoms with Gasteiger partial charge in [-0.15, -0.1) is 0 Å². The van der Waals surface area contributed by atoms with E-state index in [1.165, 1.54) is 29.2 Å². The van der Waals surface area contributed by atoms with Crippen molar-refractivity contribution >= 4 is 17.6 Å². The second-order valence-corrected chi connectivity index (χ2v) is 5.03. The highest BCUT2D eigenvalue weighted by atomic mass is 19.1. The number of carbonyl (C=O) groups is 2. The molecule has 1 aromatic carbocycles. The lowest BCUT2D eigenvalue weighted by Crippen LogP contribution is -2.14. The molecule has 2 aromatic rings. The number of rotatable bonds is 6. The molecule has 0 saturated heterocycles. The van der Waals surface area contributed by atoms with Crippen LogP contribution in [-0.4, -0.2) is 26.8 Å². The van der Waals surface area contributed by atoms with Crippen molar-refractivity contribution in [2.75, 3.05) is 5.32 Å². The standard InChI is InChI=1S/C15H16FN3O3/c1-10(11-2-4-12(16)5-3-11)6-14(20)18-13-7-17-19(8-13)9-15(21)22/h2-5,7-8,10H,6,9H2,1H3,(H,18,20)(H,21,22). The fourth-order valence-corrected chi connectivity index (χ4v) is 2.05. The zero-order valence-electron chi connectivity index (χ0n) is 12.0. The first-order chi connectivity index (χ1) is 10.4. The van der Waals surface area contributed by atoms with E-state index in [1.807, 2.05) is 6.92 Å². The van der Waals surface area contributed by atoms with Crippen molar-refractivity contribution in [2.24, 2.45) is 0 Å². The Bertz CT molecular complexity index is 667. The van der Waals surface area contributed by atoms with Gasteiger partial charge < -0.3 is 10.4 Å². The van der Waals surface area contributed by atoms with Gasteiger partial charge in [-0.25, -0.2) is 4.39 Å². The maximum Gasteiger partial charge on any atom is 0.325 e. The van der Waals surface area contributed by atoms with E-state index in [4.69, 9.17) is 5.11 Å². The summed E-state index contributed by atoms with van der Waals surface area (Å²) < 4.78 is 14.1. The van der Waals surface area contributed by atoms with Gasteiger partial charge in [0, 0.05) is 12.6 Å². The van der Waals surface area contributed by atoms with Gasteiger partial charge in [-0.05, 0) is 23.6 Å². The summed E-state index contributed by atoms with van der Waals surface area (Å²) >= 11 is 0. The molecule has 0 radical (unpaired) electrons. The zero-order valence-corrected chi connectivity index (χ0v) is 12.0. The van der Waals surface area contributed by atoms with Crippen LogP contribution in [0.4, 0.5) is 10.1 Å². The molecule has 0 aliphatic rings. The highest BCUT2D eigenvalue weighted by Crippen LogP contribution is 2.20. The molecule has 2 N–H and O–H groups in total. The minimum absolute atomic E-state index is 0.0605. The predicted octanol–water partition coefficient (Wildman–Crippen LogP) is 2.24. The van der Waals surface area contributed by atoms with Crippen LogP contribution in [0.3, 0.4) is 0 Å². The van der Waals surface area contributed by atoms with Gasteiger partial charge in [0.1, 0.15) is 12.4 Å². The van der Waals surface area contributed by atoms with Crippen LogP contribution < -0.4 is 5.32 Å². The molecule has 0 saturated carbocycles. The molecule has 1 heterocycles. The van der Waals surface area contributed by atoms with E-state index in [0.29, 0.717) is 5.69 Å². The van der Waals surface area contributed by atoms with Crippen LogP contribution in [0.25, 0.3) is 0 Å². The van der Waals surface area contributed by atoms with Crippen LogP contribution in [0.2, 0.25) is 0 Å². The van der Waals surface area contributed by atoms with E-state index < -0.39 is 5.97 Å². The van der Waals surface area contributed by atoms with Crippen LogP contribution in [0, 0.1) is 5.82 Å². The number of nitrogens with zero attached hydrogens (tertiary/aromatic N) is 2. The van der Waals surface area contributed by atoms with Gasteiger partial charge in [-0.2, -0.15) is 5.10 Å². The largest absolute Gasteiger partial charge is 0.480 e. The van der Waals surface area contributed by atoms with Gasteiger partial charge in [0.2, 0.25) is 5.91 Å². The second kappa shape index (κ2) is 6.84. The number of anilines is 1. The second-order valence-electron chi connectivity index (χ2n) is 5.03. The number of carbonyl (C=O) groups excluding carboxylic acids is 1. The number of aliphatic carboxylic acids is 1. The Morgan fingerprint density at radius 1 is 1.36 bits per heavy atom. The SMILES string of the molecule is CC(CC(=O)Nc1cnn(CC(=O)O)c1)c1ccc(F)cc1. The van der Waals surface area contributed by atoms with Gasteiger partial charge in [0.15, 0.2) is 0 Å². The number of amides is 1. The fraction of sp³-hybridized carbons (Fsp3) is 0.267. The van der Waals surface area contributed by atoms with Crippen molar-refractivity contribution in [2.45, 2.75) is 25.8 Å². The van der Waals surface area contributed by atoms with E-state index in [-0.39, 0.29) is 30.6 Å². The van der Waals surface area contributed by atoms with E-state index in [0.717, 1.165) is 5.56 Å². The first-order valence-corrected chi connectivity index (χ1v) is 6.73. The lowest BCUT2D eigenvalue weighted by Gasteiger charge is -2.11. The van der Waals surface area contributed by atoms with Crippen LogP contribution in [-0.2, 0) is 16.1 Å². The number of hydrogen-bond donors (Lipinski definition) is 2. The van der Waals surface area contributed by atoms with Crippen LogP contribution in [0.15, 0.2) is 36.7 Å². The van der Waals surface area contributed by atoms with Gasteiger partial charge in [0.05, 0.1) is 11.9 Å². The smallest absolute Gasteiger partial charge is 0.325 e. The molecule has 1 atom stereocenters. The van der Waals surface area contributed by atoms with Crippen LogP contribution in [0.5, 0.6) is 0 Å². The Morgan fingerprint density at radius 2 is 2.05 bits per heavy atom. The molecule has 116 valence electrons. The molecule has 1 unspecified atom stereocenters. The summed E-state index contributed by atoms with van der Waals surface area (Å²) in [7, 11) is 0. The molecular weight excluding hydrogens is 289 g/mol. The number of hydrogen-bond acceptors (Lipinski definition) is 3. The molecule has 1 amide bonds. The summed E-state index contributed by atoms with van der Waals surface area (Å²) in [4.78, 5) is 22.5. The molecule has 6 nitrogen and oxygen atoms in total. The first kappa shape index (κ1) is 15.7. The highest BCUT2D eigenvalue weighted by molar-refractivity contribution is 5.90. The monoisotopic (exact) mass is 305 g/mol. The van der Waals surface area contributed by atoms with Crippen molar-refractivity contribution in [3.63, 3.8) is 0 Å². The molecule has 2 rings (SSSR count). The molecule has 22 heavy (non-hydrogen) atoms. The number of carboxylic acid groups (broad SMARTS) is 1. The molecule has 1 aromatic heterocycles. The molecule has 0 bridgehead atoms. The Hall–Kier alpha value is -2.70. The third-order valence-corrected chi connectivity index (χ3v) is 3.14. The average molecular weight is 305 g/mol. The van der Waals surface area contributed by atoms with E-state index >= 15 is 0 Å². The number of benzene rings is 1. The van der Waals surface area contributed by atoms with Crippen molar-refractivity contribution in [3.05, 3.63) is 48.0 Å². The quantitative estimate of drug-likeness (QED) is 0.857. The van der Waals surface area contributed by atoms with E-state index in [9.17, 15) is 14.0 Å². The third kappa shape index (κ3) is 4.41. The lowest BCUT2D eigenvalue weighted by atomic mass is 9.97. The molecule has 0 aliphatic carbocycles. The van der Waals surface area contributed by atoms with Crippen molar-refractivity contribution in [1.29, 1.82) is 0 Å². The number of aromatic nitrogens is 2. The van der Waals surface area contributed by atoms with Gasteiger partial charge in [-0.3, -0.25) is 14.3 Å². The predicted molar refractivity (Wildman–Crippen MR) is 77.9 cm³/mol. The maximum atomic E-state index is 12.9. The minimum Gasteiger partial charge on any atom is -0.480 e. The van der Waals surface area contributed by atoms with E-state index in [1.54, 1.807) is 12.1 Å². The molecule has 0 spiro atoms. The summed E-state index contributed by atoms with van der Waals surface area (Å²) in [5.41, 5.74) is 1.32. The maximum absolute atomic E-state index is 12.9. The Labute approximate surface area is 126 Å². The van der Waals surface area contributed by atoms with Crippen molar-refractivity contribution < 1.29 is 19.1 Å². The summed E-state index contributed by atoms with van der Waals surface area (Å²) in [6.45, 7) is 1.61. The molecule has 7 heteroatoms. The number of carboxylic acids is 1. The molecule has 0 fully saturated rings. The molecular formula is C15H16FN3O3. The van der Waals surface area contributed by atoms with Gasteiger partial charge in [-0.1, -0.05) is 19.1 Å². The summed E-state index contributed by atoms with van der Waals surface area (Å²) in [6.07, 6.45) is 3.08. The average Bonchev–Trinajstić information content (AvgIpc) is 2.85. The van der Waals surface area contributed by atoms with Crippen LogP contribution in [0.1, 0.15) is 24.8 Å². The Morgan fingerprint density at radius 3 is 2.68 bits per heavy atom. The summed E-state index contributed by atoms with van der Waals surface area (Å²) in [6, 6.07) is 6.02. The third-order valence-electron chi connectivity index (χ3n) is 3.14. The summed E-state index contributed by atoms with van der Waals surface area (Å²) in [5.74, 6) is -1.60. The number of halogens is 1. The van der Waals surface area contributed by atoms with Crippen LogP contribution >= 0.6 is 0 Å². The fourth-order valence-electron chi connectivity index (χ4n) is 2.05. The summed E-state index contributed by atoms with van der Waals surface area (Å²) in [5, 5.41) is 15.1. The Balaban J connectivity index is 1.90. The van der Waals surface area contributed by atoms with Crippen molar-refractivity contribution in [1.82, 2.24) is 9.78 Å². The topological polar surface area (TPSA) is 84.2 Å². The Kier molecular flexibility index (Phi) is 4.88. The van der Waals surface area contributed by atoms with E-state index in [2.05, 4.69) is 10.4 Å². The molecule has 0 aliphatic heterocycles. The van der Waals surface area contributed by atoms with Gasteiger partial charge in [0.25, 0.3) is 0 Å². The highest BCUT2D eigenvalue weighted by Gasteiger charge is 2.12. The lowest BCUT2D eigenvalue weighted by molar-refractivity contribution is -0.137. The zero-order chi connectivity index (χ0) is 16.1. The minimum atomic E-state index is -1.01. The number of nitrogens with one attached hydrogen (secondary N) is 1. The normalized spacial score (nSPS) is 11.9.